The van der Waals surface area contributed by atoms with Gasteiger partial charge < -0.3 is 42.6 Å². The van der Waals surface area contributed by atoms with Crippen LogP contribution in [0.25, 0.3) is 0 Å². The first-order valence-corrected chi connectivity index (χ1v) is 14.8. The molecule has 1 rings (SSSR count). The molecule has 0 saturated heterocycles. The highest BCUT2D eigenvalue weighted by molar-refractivity contribution is 4.89. The predicted octanol–water partition coefficient (Wildman–Crippen LogP) is 2.87. The molecular formula is C30H51N3O12. The van der Waals surface area contributed by atoms with Gasteiger partial charge in [0.15, 0.2) is 18.9 Å². The van der Waals surface area contributed by atoms with Gasteiger partial charge in [0.2, 0.25) is 0 Å². The van der Waals surface area contributed by atoms with Crippen molar-refractivity contribution in [3.8, 4) is 0 Å². The third-order valence-electron chi connectivity index (χ3n) is 6.10. The molecule has 6 unspecified atom stereocenters. The van der Waals surface area contributed by atoms with Gasteiger partial charge in [0.25, 0.3) is 17.7 Å². The van der Waals surface area contributed by atoms with Crippen LogP contribution in [-0.2, 0) is 60.4 Å². The van der Waals surface area contributed by atoms with Crippen LogP contribution in [0.2, 0.25) is 0 Å². The second-order valence-corrected chi connectivity index (χ2v) is 9.77. The van der Waals surface area contributed by atoms with Gasteiger partial charge in [-0.25, -0.2) is 14.4 Å². The first-order chi connectivity index (χ1) is 21.1. The summed E-state index contributed by atoms with van der Waals surface area (Å²) in [4.78, 5) is 43.2. The van der Waals surface area contributed by atoms with E-state index in [1.807, 2.05) is 0 Å². The number of rotatable bonds is 24. The summed E-state index contributed by atoms with van der Waals surface area (Å²) in [7, 11) is 0. The van der Waals surface area contributed by atoms with E-state index < -0.39 is 53.7 Å². The fourth-order valence-corrected chi connectivity index (χ4v) is 4.48. The van der Waals surface area contributed by atoms with E-state index in [9.17, 15) is 14.4 Å². The van der Waals surface area contributed by atoms with Crippen molar-refractivity contribution in [3.05, 3.63) is 69.4 Å². The Balaban J connectivity index is 4.34. The van der Waals surface area contributed by atoms with Crippen molar-refractivity contribution in [2.24, 2.45) is 0 Å². The summed E-state index contributed by atoms with van der Waals surface area (Å²) in [6, 6.07) is 0. The van der Waals surface area contributed by atoms with Gasteiger partial charge in [-0.2, -0.15) is 13.7 Å². The van der Waals surface area contributed by atoms with Gasteiger partial charge >= 0.3 is 17.1 Å². The summed E-state index contributed by atoms with van der Waals surface area (Å²) < 4.78 is 54.0. The highest BCUT2D eigenvalue weighted by Gasteiger charge is 2.45. The van der Waals surface area contributed by atoms with Crippen LogP contribution in [0.15, 0.2) is 52.3 Å². The van der Waals surface area contributed by atoms with Crippen molar-refractivity contribution in [2.75, 3.05) is 39.6 Å². The Morgan fingerprint density at radius 2 is 0.778 bits per heavy atom. The molecule has 45 heavy (non-hydrogen) atoms. The SMILES string of the molecule is C=CCOC(C)OC(C)(OCC)n1c(=O)n(C(C)(OCC)OC(C)OCC=C)c(=O)n(C(C)(OCC)OC(C)OCC=C)c1=O. The van der Waals surface area contributed by atoms with E-state index >= 15 is 0 Å². The zero-order chi connectivity index (χ0) is 34.4. The first-order valence-electron chi connectivity index (χ1n) is 14.8. The van der Waals surface area contributed by atoms with E-state index in [-0.39, 0.29) is 39.6 Å². The minimum atomic E-state index is -2.14. The summed E-state index contributed by atoms with van der Waals surface area (Å²) in [5, 5.41) is 0. The highest BCUT2D eigenvalue weighted by atomic mass is 16.8. The van der Waals surface area contributed by atoms with Crippen molar-refractivity contribution < 1.29 is 42.6 Å². The lowest BCUT2D eigenvalue weighted by atomic mass is 10.4. The van der Waals surface area contributed by atoms with Crippen LogP contribution < -0.4 is 17.1 Å². The Bertz CT molecular complexity index is 1090. The maximum Gasteiger partial charge on any atom is 0.345 e. The maximum atomic E-state index is 14.4. The number of hydrogen-bond acceptors (Lipinski definition) is 12. The van der Waals surface area contributed by atoms with Crippen LogP contribution in [0.5, 0.6) is 0 Å². The zero-order valence-electron chi connectivity index (χ0n) is 28.1. The van der Waals surface area contributed by atoms with E-state index in [0.717, 1.165) is 0 Å². The van der Waals surface area contributed by atoms with Crippen molar-refractivity contribution in [1.29, 1.82) is 0 Å². The molecule has 15 nitrogen and oxygen atoms in total. The fraction of sp³-hybridized carbons (Fsp3) is 0.700. The van der Waals surface area contributed by atoms with Gasteiger partial charge in [-0.15, -0.1) is 19.7 Å². The molecule has 0 spiro atoms. The average molecular weight is 646 g/mol. The molecule has 0 aliphatic rings. The lowest BCUT2D eigenvalue weighted by Crippen LogP contribution is -2.68. The third-order valence-corrected chi connectivity index (χ3v) is 6.10. The lowest BCUT2D eigenvalue weighted by Gasteiger charge is -2.39. The van der Waals surface area contributed by atoms with Crippen LogP contribution in [0.3, 0.4) is 0 Å². The van der Waals surface area contributed by atoms with E-state index in [4.69, 9.17) is 42.6 Å². The smallest absolute Gasteiger partial charge is 0.345 e. The Morgan fingerprint density at radius 3 is 0.956 bits per heavy atom. The zero-order valence-corrected chi connectivity index (χ0v) is 28.1. The maximum absolute atomic E-state index is 14.4. The molecule has 0 amide bonds. The monoisotopic (exact) mass is 645 g/mol. The Labute approximate surface area is 264 Å². The minimum absolute atomic E-state index is 0.0208. The molecule has 0 aliphatic carbocycles. The molecule has 0 aliphatic heterocycles. The van der Waals surface area contributed by atoms with Crippen LogP contribution in [0, 0.1) is 0 Å². The molecule has 0 saturated carbocycles. The number of nitrogens with zero attached hydrogens (tertiary/aromatic N) is 3. The molecule has 0 radical (unpaired) electrons. The number of hydrogen-bond donors (Lipinski definition) is 0. The van der Waals surface area contributed by atoms with Gasteiger partial charge in [0.05, 0.1) is 19.8 Å². The van der Waals surface area contributed by atoms with Crippen molar-refractivity contribution in [1.82, 2.24) is 13.7 Å². The number of aromatic nitrogens is 3. The summed E-state index contributed by atoms with van der Waals surface area (Å²) >= 11 is 0. The Morgan fingerprint density at radius 1 is 0.556 bits per heavy atom. The summed E-state index contributed by atoms with van der Waals surface area (Å²) in [6.07, 6.45) is 1.46. The fourth-order valence-electron chi connectivity index (χ4n) is 4.48. The van der Waals surface area contributed by atoms with Crippen molar-refractivity contribution in [3.63, 3.8) is 0 Å². The second-order valence-electron chi connectivity index (χ2n) is 9.77. The normalized spacial score (nSPS) is 17.8. The second kappa shape index (κ2) is 18.4. The summed E-state index contributed by atoms with van der Waals surface area (Å²) in [6.45, 7) is 24.6. The first kappa shape index (κ1) is 40.3. The van der Waals surface area contributed by atoms with Gasteiger partial charge in [-0.05, 0) is 41.5 Å². The van der Waals surface area contributed by atoms with Crippen LogP contribution in [-0.4, -0.2) is 72.2 Å². The van der Waals surface area contributed by atoms with Crippen LogP contribution in [0.4, 0.5) is 0 Å². The predicted molar refractivity (Wildman–Crippen MR) is 165 cm³/mol. The van der Waals surface area contributed by atoms with Gasteiger partial charge in [-0.3, -0.25) is 0 Å². The van der Waals surface area contributed by atoms with E-state index in [2.05, 4.69) is 19.7 Å². The van der Waals surface area contributed by atoms with E-state index in [0.29, 0.717) is 13.7 Å². The minimum Gasteiger partial charge on any atom is -0.349 e. The molecule has 1 heterocycles. The molecule has 0 fully saturated rings. The van der Waals surface area contributed by atoms with Crippen LogP contribution >= 0.6 is 0 Å². The molecule has 0 aromatic carbocycles. The standard InChI is InChI=1S/C30H51N3O12/c1-13-19-37-22(7)43-28(10,40-16-4)31-25(34)32(29(11,41-17-5)44-23(8)38-20-14-2)27(36)33(26(31)35)30(12,42-18-6)45-24(9)39-21-15-3/h13-15,22-24H,1-3,16-21H2,4-12H3. The molecule has 1 aromatic heterocycles. The van der Waals surface area contributed by atoms with Gasteiger partial charge in [0, 0.05) is 40.6 Å². The average Bonchev–Trinajstić information content (AvgIpc) is 2.93. The largest absolute Gasteiger partial charge is 0.349 e. The Hall–Kier alpha value is -2.73. The molecule has 0 bridgehead atoms. The summed E-state index contributed by atoms with van der Waals surface area (Å²) in [5.74, 6) is -6.43. The molecular weight excluding hydrogens is 594 g/mol. The lowest BCUT2D eigenvalue weighted by molar-refractivity contribution is -0.361. The van der Waals surface area contributed by atoms with Crippen molar-refractivity contribution in [2.45, 2.75) is 98.9 Å². The molecule has 1 aromatic rings. The van der Waals surface area contributed by atoms with Gasteiger partial charge in [0.1, 0.15) is 0 Å². The van der Waals surface area contributed by atoms with Crippen LogP contribution in [0.1, 0.15) is 62.3 Å². The summed E-state index contributed by atoms with van der Waals surface area (Å²) in [5.41, 5.74) is -3.60. The van der Waals surface area contributed by atoms with Gasteiger partial charge in [-0.1, -0.05) is 18.2 Å². The third kappa shape index (κ3) is 10.4. The number of ether oxygens (including phenoxy) is 9. The quantitative estimate of drug-likeness (QED) is 0.120. The molecule has 15 heteroatoms. The molecule has 6 atom stereocenters. The van der Waals surface area contributed by atoms with E-state index in [1.54, 1.807) is 41.5 Å². The molecule has 0 N–H and O–H groups in total. The topological polar surface area (TPSA) is 149 Å². The Kier molecular flexibility index (Phi) is 16.5. The van der Waals surface area contributed by atoms with Crippen molar-refractivity contribution >= 4 is 0 Å². The van der Waals surface area contributed by atoms with E-state index in [1.165, 1.54) is 39.0 Å². The molecule has 258 valence electrons. The highest BCUT2D eigenvalue weighted by Crippen LogP contribution is 2.25.